The van der Waals surface area contributed by atoms with Crippen LogP contribution < -0.4 is 9.64 Å². The van der Waals surface area contributed by atoms with Crippen molar-refractivity contribution in [3.05, 3.63) is 54.1 Å². The molecule has 4 aliphatic rings. The lowest BCUT2D eigenvalue weighted by Crippen LogP contribution is -2.69. The molecule has 41 heavy (non-hydrogen) atoms. The van der Waals surface area contributed by atoms with E-state index >= 15 is 0 Å². The number of anilines is 1. The summed E-state index contributed by atoms with van der Waals surface area (Å²) in [5.41, 5.74) is 4.39. The van der Waals surface area contributed by atoms with Gasteiger partial charge in [0.2, 0.25) is 0 Å². The summed E-state index contributed by atoms with van der Waals surface area (Å²) in [7, 11) is 1.64. The van der Waals surface area contributed by atoms with Crippen molar-refractivity contribution >= 4 is 17.2 Å². The van der Waals surface area contributed by atoms with Crippen LogP contribution in [-0.2, 0) is 4.74 Å². The van der Waals surface area contributed by atoms with E-state index in [0.29, 0.717) is 30.2 Å². The summed E-state index contributed by atoms with van der Waals surface area (Å²) in [6, 6.07) is 9.53. The molecule has 3 aromatic heterocycles. The fourth-order valence-corrected chi connectivity index (χ4v) is 6.22. The van der Waals surface area contributed by atoms with Crippen molar-refractivity contribution in [1.29, 1.82) is 5.26 Å². The highest BCUT2D eigenvalue weighted by atomic mass is 16.5. The second kappa shape index (κ2) is 11.9. The Labute approximate surface area is 241 Å². The molecule has 10 heteroatoms. The Morgan fingerprint density at radius 2 is 1.98 bits per heavy atom. The first-order valence-electron chi connectivity index (χ1n) is 14.5. The third kappa shape index (κ3) is 5.78. The summed E-state index contributed by atoms with van der Waals surface area (Å²) in [5.74, 6) is 2.40. The van der Waals surface area contributed by atoms with Crippen molar-refractivity contribution in [3.8, 4) is 22.9 Å². The molecular formula is C31H38N8O2. The third-order valence-electron chi connectivity index (χ3n) is 8.50. The molecule has 2 bridgehead atoms. The molecule has 4 saturated heterocycles. The topological polar surface area (TPSA) is 94.5 Å². The molecule has 7 rings (SSSR count). The standard InChI is InChI=1S/C31H38N8O2/c1-22(15-33-23(2)40-3)18-38-26-12-27(38)20-37(19-26)30-7-6-24(16-34-30)29-13-28(41-11-10-36-8-4-5-9-36)21-39-31(29)25(14-32)17-35-39/h6-7,13,15-17,21,26-27H,4-5,8-12,18-20H2,1-3H3/b22-15+,33-23?. The zero-order valence-corrected chi connectivity index (χ0v) is 24.2. The van der Waals surface area contributed by atoms with Gasteiger partial charge in [-0.1, -0.05) is 0 Å². The number of nitriles is 1. The van der Waals surface area contributed by atoms with Gasteiger partial charge in [0, 0.05) is 68.7 Å². The van der Waals surface area contributed by atoms with Crippen LogP contribution in [0.25, 0.3) is 16.6 Å². The molecule has 0 saturated carbocycles. The number of piperazine rings is 1. The van der Waals surface area contributed by atoms with E-state index in [2.05, 4.69) is 49.9 Å². The Hall–Kier alpha value is -3.94. The highest BCUT2D eigenvalue weighted by Crippen LogP contribution is 2.36. The summed E-state index contributed by atoms with van der Waals surface area (Å²) in [6.07, 6.45) is 11.1. The van der Waals surface area contributed by atoms with Gasteiger partial charge in [-0.2, -0.15) is 10.4 Å². The molecule has 214 valence electrons. The molecule has 2 unspecified atom stereocenters. The molecule has 7 heterocycles. The number of fused-ring (bicyclic) bond motifs is 3. The number of nitrogens with zero attached hydrogens (tertiary/aromatic N) is 8. The van der Waals surface area contributed by atoms with Crippen LogP contribution in [-0.4, -0.2) is 95.4 Å². The lowest BCUT2D eigenvalue weighted by molar-refractivity contribution is 0.00810. The maximum Gasteiger partial charge on any atom is 0.184 e. The van der Waals surface area contributed by atoms with E-state index < -0.39 is 0 Å². The Kier molecular flexibility index (Phi) is 7.90. The molecule has 2 atom stereocenters. The van der Waals surface area contributed by atoms with E-state index in [1.807, 2.05) is 31.6 Å². The van der Waals surface area contributed by atoms with E-state index in [1.54, 1.807) is 17.8 Å². The van der Waals surface area contributed by atoms with Crippen LogP contribution in [0, 0.1) is 11.3 Å². The zero-order valence-electron chi connectivity index (χ0n) is 24.2. The van der Waals surface area contributed by atoms with Gasteiger partial charge in [-0.05, 0) is 63.0 Å². The fourth-order valence-electron chi connectivity index (χ4n) is 6.22. The number of pyridine rings is 2. The molecule has 3 aromatic rings. The predicted octanol–water partition coefficient (Wildman–Crippen LogP) is 3.97. The molecule has 4 aliphatic heterocycles. The lowest BCUT2D eigenvalue weighted by Gasteiger charge is -2.56. The Morgan fingerprint density at radius 3 is 2.68 bits per heavy atom. The molecule has 0 amide bonds. The van der Waals surface area contributed by atoms with Crippen molar-refractivity contribution in [2.45, 2.75) is 45.2 Å². The third-order valence-corrected chi connectivity index (χ3v) is 8.50. The van der Waals surface area contributed by atoms with Crippen LogP contribution in [0.3, 0.4) is 0 Å². The molecule has 0 N–H and O–H groups in total. The van der Waals surface area contributed by atoms with Crippen LogP contribution in [0.4, 0.5) is 5.82 Å². The Bertz CT molecular complexity index is 1470. The van der Waals surface area contributed by atoms with Crippen LogP contribution >= 0.6 is 0 Å². The van der Waals surface area contributed by atoms with Gasteiger partial charge in [0.1, 0.15) is 24.2 Å². The highest BCUT2D eigenvalue weighted by Gasteiger charge is 2.44. The van der Waals surface area contributed by atoms with Gasteiger partial charge in [-0.25, -0.2) is 14.5 Å². The monoisotopic (exact) mass is 554 g/mol. The first-order chi connectivity index (χ1) is 20.0. The largest absolute Gasteiger partial charge is 0.491 e. The van der Waals surface area contributed by atoms with Crippen LogP contribution in [0.15, 0.2) is 53.6 Å². The van der Waals surface area contributed by atoms with Crippen LogP contribution in [0.2, 0.25) is 0 Å². The van der Waals surface area contributed by atoms with Gasteiger partial charge >= 0.3 is 0 Å². The van der Waals surface area contributed by atoms with Crippen molar-refractivity contribution in [1.82, 2.24) is 24.4 Å². The van der Waals surface area contributed by atoms with E-state index in [1.165, 1.54) is 24.8 Å². The number of hydrogen-bond acceptors (Lipinski definition) is 9. The van der Waals surface area contributed by atoms with Crippen LogP contribution in [0.1, 0.15) is 38.7 Å². The fraction of sp³-hybridized carbons (Fsp3) is 0.484. The van der Waals surface area contributed by atoms with Gasteiger partial charge in [0.15, 0.2) is 5.90 Å². The molecule has 0 radical (unpaired) electrons. The van der Waals surface area contributed by atoms with Gasteiger partial charge in [0.25, 0.3) is 0 Å². The minimum Gasteiger partial charge on any atom is -0.491 e. The first kappa shape index (κ1) is 27.2. The number of piperidine rings is 1. The predicted molar refractivity (Wildman–Crippen MR) is 159 cm³/mol. The molecule has 10 nitrogen and oxygen atoms in total. The number of rotatable bonds is 9. The number of hydrogen-bond donors (Lipinski definition) is 0. The Balaban J connectivity index is 1.15. The van der Waals surface area contributed by atoms with E-state index in [0.717, 1.165) is 67.5 Å². The van der Waals surface area contributed by atoms with E-state index in [4.69, 9.17) is 14.5 Å². The number of aromatic nitrogens is 3. The maximum atomic E-state index is 9.73. The van der Waals surface area contributed by atoms with Gasteiger partial charge in [0.05, 0.1) is 30.6 Å². The maximum absolute atomic E-state index is 9.73. The zero-order chi connectivity index (χ0) is 28.3. The molecular weight excluding hydrogens is 516 g/mol. The number of likely N-dealkylation sites (tertiary alicyclic amines) is 1. The first-order valence-corrected chi connectivity index (χ1v) is 14.5. The number of aliphatic imine (C=N–C) groups is 1. The van der Waals surface area contributed by atoms with Gasteiger partial charge in [-0.3, -0.25) is 9.80 Å². The Morgan fingerprint density at radius 1 is 1.17 bits per heavy atom. The molecule has 0 aromatic carbocycles. The molecule has 4 fully saturated rings. The minimum absolute atomic E-state index is 0.519. The van der Waals surface area contributed by atoms with Crippen molar-refractivity contribution in [2.75, 3.05) is 57.9 Å². The summed E-state index contributed by atoms with van der Waals surface area (Å²) in [4.78, 5) is 16.6. The number of methoxy groups -OCH3 is 1. The quantitative estimate of drug-likeness (QED) is 0.290. The summed E-state index contributed by atoms with van der Waals surface area (Å²) in [6.45, 7) is 10.7. The second-order valence-corrected chi connectivity index (χ2v) is 11.3. The van der Waals surface area contributed by atoms with E-state index in [9.17, 15) is 5.26 Å². The van der Waals surface area contributed by atoms with Crippen LogP contribution in [0.5, 0.6) is 5.75 Å². The van der Waals surface area contributed by atoms with Crippen molar-refractivity contribution in [2.24, 2.45) is 4.99 Å². The van der Waals surface area contributed by atoms with Crippen molar-refractivity contribution in [3.63, 3.8) is 0 Å². The van der Waals surface area contributed by atoms with E-state index in [-0.39, 0.29) is 0 Å². The average Bonchev–Trinajstić information content (AvgIpc) is 3.68. The molecule has 0 spiro atoms. The molecule has 0 aliphatic carbocycles. The van der Waals surface area contributed by atoms with Crippen molar-refractivity contribution < 1.29 is 9.47 Å². The van der Waals surface area contributed by atoms with Gasteiger partial charge < -0.3 is 14.4 Å². The SMILES string of the molecule is COC(C)=N/C=C(\C)CN1C2CC1CN(c1ccc(-c3cc(OCCN4CCCC4)cn4ncc(C#N)c34)cn1)C2. The van der Waals surface area contributed by atoms with Gasteiger partial charge in [-0.15, -0.1) is 0 Å². The minimum atomic E-state index is 0.519. The second-order valence-electron chi connectivity index (χ2n) is 11.3. The highest BCUT2D eigenvalue weighted by molar-refractivity contribution is 5.85. The normalized spacial score (nSPS) is 21.7. The summed E-state index contributed by atoms with van der Waals surface area (Å²) >= 11 is 0. The number of ether oxygens (including phenoxy) is 2. The summed E-state index contributed by atoms with van der Waals surface area (Å²) < 4.78 is 13.0. The lowest BCUT2D eigenvalue weighted by atomic mass is 9.87. The summed E-state index contributed by atoms with van der Waals surface area (Å²) in [5, 5.41) is 14.2. The average molecular weight is 555 g/mol. The smallest absolute Gasteiger partial charge is 0.184 e.